The first-order valence-electron chi connectivity index (χ1n) is 9.49. The zero-order chi connectivity index (χ0) is 23.7. The predicted octanol–water partition coefficient (Wildman–Crippen LogP) is 2.03. The molecule has 2 aromatic heterocycles. The number of anilines is 1. The van der Waals surface area contributed by atoms with Gasteiger partial charge in [0.15, 0.2) is 9.84 Å². The normalized spacial score (nSPS) is 18.2. The van der Waals surface area contributed by atoms with Crippen molar-refractivity contribution in [3.63, 3.8) is 0 Å². The molecular formula is C20H21F3N4O4S. The molecule has 1 aliphatic rings. The lowest BCUT2D eigenvalue weighted by molar-refractivity contribution is -0.116. The molecule has 1 unspecified atom stereocenters. The monoisotopic (exact) mass is 470 g/mol. The van der Waals surface area contributed by atoms with Gasteiger partial charge >= 0.3 is 0 Å². The minimum Gasteiger partial charge on any atom is -0.367 e. The number of H-pyrrole nitrogens is 1. The van der Waals surface area contributed by atoms with Crippen LogP contribution in [0.3, 0.4) is 0 Å². The van der Waals surface area contributed by atoms with Crippen LogP contribution in [0.15, 0.2) is 47.7 Å². The largest absolute Gasteiger partial charge is 0.367 e. The number of sulfone groups is 1. The summed E-state index contributed by atoms with van der Waals surface area (Å²) < 4.78 is 65.6. The Morgan fingerprint density at radius 2 is 2.12 bits per heavy atom. The minimum atomic E-state index is -3.56. The van der Waals surface area contributed by atoms with Crippen LogP contribution in [-0.2, 0) is 20.4 Å². The number of hydrogen-bond acceptors (Lipinski definition) is 6. The number of piperidine rings is 1. The number of alkyl halides is 2. The first kappa shape index (κ1) is 23.5. The molecule has 2 aromatic rings. The summed E-state index contributed by atoms with van der Waals surface area (Å²) in [4.78, 5) is 31.8. The van der Waals surface area contributed by atoms with Gasteiger partial charge in [0.2, 0.25) is 0 Å². The maximum Gasteiger partial charge on any atom is 0.272 e. The highest BCUT2D eigenvalue weighted by Gasteiger charge is 2.46. The topological polar surface area (TPSA) is 112 Å². The van der Waals surface area contributed by atoms with Gasteiger partial charge < -0.3 is 15.2 Å². The van der Waals surface area contributed by atoms with E-state index in [2.05, 4.69) is 21.9 Å². The SMILES string of the molecule is C=C(C(=O)Nc1ccc(F)cn1)N1CCC(F)(F)C(c2c[nH]c(=O)c(CS(C)(=O)=O)c2)C1. The van der Waals surface area contributed by atoms with Crippen molar-refractivity contribution in [3.8, 4) is 0 Å². The summed E-state index contributed by atoms with van der Waals surface area (Å²) in [5.41, 5.74) is -0.855. The lowest BCUT2D eigenvalue weighted by atomic mass is 9.87. The third-order valence-corrected chi connectivity index (χ3v) is 5.90. The fraction of sp³-hybridized carbons (Fsp3) is 0.350. The number of carbonyl (C=O) groups is 1. The van der Waals surface area contributed by atoms with Crippen LogP contribution in [-0.4, -0.2) is 54.5 Å². The number of likely N-dealkylation sites (tertiary alicyclic amines) is 1. The Kier molecular flexibility index (Phi) is 6.44. The number of nitrogens with one attached hydrogen (secondary N) is 2. The number of hydrogen-bond donors (Lipinski definition) is 2. The molecule has 0 radical (unpaired) electrons. The van der Waals surface area contributed by atoms with Crippen LogP contribution in [0.25, 0.3) is 0 Å². The molecule has 32 heavy (non-hydrogen) atoms. The van der Waals surface area contributed by atoms with E-state index in [1.54, 1.807) is 0 Å². The van der Waals surface area contributed by atoms with E-state index in [0.29, 0.717) is 0 Å². The molecule has 0 aromatic carbocycles. The number of rotatable bonds is 6. The maximum atomic E-state index is 14.7. The average Bonchev–Trinajstić information content (AvgIpc) is 2.70. The lowest BCUT2D eigenvalue weighted by Crippen LogP contribution is -2.47. The van der Waals surface area contributed by atoms with E-state index in [-0.39, 0.29) is 35.7 Å². The van der Waals surface area contributed by atoms with E-state index < -0.39 is 51.1 Å². The zero-order valence-corrected chi connectivity index (χ0v) is 17.9. The van der Waals surface area contributed by atoms with E-state index in [9.17, 15) is 31.2 Å². The Hall–Kier alpha value is -3.15. The van der Waals surface area contributed by atoms with Crippen LogP contribution in [0.2, 0.25) is 0 Å². The molecule has 8 nitrogen and oxygen atoms in total. The van der Waals surface area contributed by atoms with Gasteiger partial charge in [-0.1, -0.05) is 6.58 Å². The van der Waals surface area contributed by atoms with E-state index in [1.165, 1.54) is 11.0 Å². The number of aromatic nitrogens is 2. The fourth-order valence-electron chi connectivity index (χ4n) is 3.42. The third-order valence-electron chi connectivity index (χ3n) is 5.06. The number of nitrogens with zero attached hydrogens (tertiary/aromatic N) is 2. The molecule has 0 saturated carbocycles. The van der Waals surface area contributed by atoms with Crippen molar-refractivity contribution in [2.75, 3.05) is 24.7 Å². The molecule has 1 atom stereocenters. The summed E-state index contributed by atoms with van der Waals surface area (Å²) in [7, 11) is -3.56. The van der Waals surface area contributed by atoms with E-state index >= 15 is 0 Å². The van der Waals surface area contributed by atoms with Gasteiger partial charge in [0.25, 0.3) is 17.4 Å². The van der Waals surface area contributed by atoms with Crippen LogP contribution >= 0.6 is 0 Å². The van der Waals surface area contributed by atoms with Gasteiger partial charge in [-0.15, -0.1) is 0 Å². The Morgan fingerprint density at radius 1 is 1.41 bits per heavy atom. The van der Waals surface area contributed by atoms with E-state index in [1.807, 2.05) is 0 Å². The van der Waals surface area contributed by atoms with Crippen molar-refractivity contribution < 1.29 is 26.4 Å². The van der Waals surface area contributed by atoms with Gasteiger partial charge in [0.1, 0.15) is 11.6 Å². The lowest BCUT2D eigenvalue weighted by Gasteiger charge is -2.40. The summed E-state index contributed by atoms with van der Waals surface area (Å²) in [5, 5.41) is 2.42. The van der Waals surface area contributed by atoms with Crippen molar-refractivity contribution in [3.05, 3.63) is 70.2 Å². The Labute approximate surface area is 182 Å². The molecule has 1 saturated heterocycles. The molecule has 3 rings (SSSR count). The standard InChI is InChI=1S/C20H21F3N4O4S/c1-12(18(28)26-17-4-3-15(21)9-24-17)27-6-5-20(22,23)16(10-27)13-7-14(11-32(2,30)31)19(29)25-8-13/h3-4,7-9,16H,1,5-6,10-11H2,2H3,(H,25,29)(H,24,26,28). The molecule has 1 fully saturated rings. The van der Waals surface area contributed by atoms with Crippen molar-refractivity contribution in [1.29, 1.82) is 0 Å². The number of pyridine rings is 2. The third kappa shape index (κ3) is 5.55. The first-order valence-corrected chi connectivity index (χ1v) is 11.6. The second kappa shape index (κ2) is 8.77. The molecule has 0 spiro atoms. The second-order valence-electron chi connectivity index (χ2n) is 7.63. The van der Waals surface area contributed by atoms with Gasteiger partial charge in [-0.25, -0.2) is 26.6 Å². The molecule has 172 valence electrons. The molecule has 0 aliphatic carbocycles. The van der Waals surface area contributed by atoms with Crippen molar-refractivity contribution in [1.82, 2.24) is 14.9 Å². The van der Waals surface area contributed by atoms with Crippen LogP contribution in [0.4, 0.5) is 19.0 Å². The zero-order valence-electron chi connectivity index (χ0n) is 17.1. The highest BCUT2D eigenvalue weighted by atomic mass is 32.2. The number of amides is 1. The Bertz CT molecular complexity index is 1200. The molecule has 1 aliphatic heterocycles. The number of aromatic amines is 1. The second-order valence-corrected chi connectivity index (χ2v) is 9.77. The molecule has 1 amide bonds. The van der Waals surface area contributed by atoms with Gasteiger partial charge in [0, 0.05) is 37.5 Å². The van der Waals surface area contributed by atoms with Gasteiger partial charge in [0.05, 0.1) is 23.6 Å². The van der Waals surface area contributed by atoms with Crippen LogP contribution < -0.4 is 10.9 Å². The minimum absolute atomic E-state index is 0.0476. The van der Waals surface area contributed by atoms with Crippen molar-refractivity contribution in [2.24, 2.45) is 0 Å². The van der Waals surface area contributed by atoms with Crippen molar-refractivity contribution >= 4 is 21.6 Å². The Balaban J connectivity index is 1.81. The summed E-state index contributed by atoms with van der Waals surface area (Å²) in [5.74, 6) is -6.36. The highest BCUT2D eigenvalue weighted by Crippen LogP contribution is 2.41. The predicted molar refractivity (Wildman–Crippen MR) is 111 cm³/mol. The number of carbonyl (C=O) groups excluding carboxylic acids is 1. The van der Waals surface area contributed by atoms with Crippen LogP contribution in [0, 0.1) is 5.82 Å². The fourth-order valence-corrected chi connectivity index (χ4v) is 4.20. The van der Waals surface area contributed by atoms with Gasteiger partial charge in [-0.2, -0.15) is 0 Å². The first-order chi connectivity index (χ1) is 14.9. The van der Waals surface area contributed by atoms with Gasteiger partial charge in [-0.05, 0) is 23.8 Å². The molecular weight excluding hydrogens is 449 g/mol. The average molecular weight is 470 g/mol. The van der Waals surface area contributed by atoms with Gasteiger partial charge in [-0.3, -0.25) is 9.59 Å². The quantitative estimate of drug-likeness (QED) is 0.625. The maximum absolute atomic E-state index is 14.7. The van der Waals surface area contributed by atoms with Crippen LogP contribution in [0.1, 0.15) is 23.5 Å². The highest BCUT2D eigenvalue weighted by molar-refractivity contribution is 7.89. The molecule has 3 heterocycles. The molecule has 2 N–H and O–H groups in total. The summed E-state index contributed by atoms with van der Waals surface area (Å²) in [6.07, 6.45) is 2.40. The summed E-state index contributed by atoms with van der Waals surface area (Å²) in [6, 6.07) is 3.51. The smallest absolute Gasteiger partial charge is 0.272 e. The molecule has 12 heteroatoms. The van der Waals surface area contributed by atoms with E-state index in [4.69, 9.17) is 0 Å². The van der Waals surface area contributed by atoms with Crippen LogP contribution in [0.5, 0.6) is 0 Å². The van der Waals surface area contributed by atoms with Crippen molar-refractivity contribution in [2.45, 2.75) is 24.0 Å². The summed E-state index contributed by atoms with van der Waals surface area (Å²) >= 11 is 0. The number of halogens is 3. The van der Waals surface area contributed by atoms with E-state index in [0.717, 1.165) is 30.8 Å². The summed E-state index contributed by atoms with van der Waals surface area (Å²) in [6.45, 7) is 3.24. The molecule has 0 bridgehead atoms. The Morgan fingerprint density at radius 3 is 2.75 bits per heavy atom.